The van der Waals surface area contributed by atoms with Crippen molar-refractivity contribution in [1.29, 1.82) is 0 Å². The van der Waals surface area contributed by atoms with Gasteiger partial charge in [0, 0.05) is 225 Å². The summed E-state index contributed by atoms with van der Waals surface area (Å²) in [5, 5.41) is 2.39. The fourth-order valence-electron chi connectivity index (χ4n) is 13.8. The molecule has 128 heavy (non-hydrogen) atoms. The Morgan fingerprint density at radius 3 is 0.516 bits per heavy atom. The number of carbonyl (C=O) groups excluding carboxylic acids is 8. The van der Waals surface area contributed by atoms with E-state index in [-0.39, 0.29) is 76.2 Å². The van der Waals surface area contributed by atoms with E-state index in [1.165, 1.54) is 94.1 Å². The van der Waals surface area contributed by atoms with Crippen molar-refractivity contribution in [2.75, 3.05) is 98.9 Å². The number of rotatable bonds is 40. The smallest absolute Gasteiger partial charge is 0.334 e. The van der Waals surface area contributed by atoms with Gasteiger partial charge in [0.1, 0.15) is 75.4 Å². The van der Waals surface area contributed by atoms with Gasteiger partial charge in [-0.05, 0) is 48.5 Å². The highest BCUT2D eigenvalue weighted by molar-refractivity contribution is 8.03. The number of ether oxygens (including phenoxy) is 8. The van der Waals surface area contributed by atoms with Crippen LogP contribution in [0.15, 0.2) is 278 Å². The molecule has 32 heteroatoms. The van der Waals surface area contributed by atoms with E-state index in [0.717, 1.165) is 39.2 Å². The monoisotopic (exact) mass is 1850 g/mol. The van der Waals surface area contributed by atoms with E-state index in [9.17, 15) is 38.4 Å². The first-order valence-electron chi connectivity index (χ1n) is 40.4. The number of carbonyl (C=O) groups is 8. The Morgan fingerprint density at radius 2 is 0.367 bits per heavy atom. The van der Waals surface area contributed by atoms with Crippen molar-refractivity contribution < 1.29 is 76.3 Å². The van der Waals surface area contributed by atoms with Crippen LogP contribution in [-0.2, 0) is 76.3 Å². The average Bonchev–Trinajstić information content (AvgIpc) is 1.58. The highest BCUT2D eigenvalue weighted by Gasteiger charge is 2.30. The molecule has 0 fully saturated rings. The third-order valence-electron chi connectivity index (χ3n) is 19.9. The topological polar surface area (TPSA) is 319 Å². The molecule has 2 N–H and O–H groups in total. The van der Waals surface area contributed by atoms with Gasteiger partial charge in [0.05, 0.1) is 0 Å². The predicted octanol–water partition coefficient (Wildman–Crippen LogP) is 17.6. The van der Waals surface area contributed by atoms with Crippen LogP contribution in [0.1, 0.15) is 0 Å². The third kappa shape index (κ3) is 21.8. The van der Waals surface area contributed by atoms with Crippen LogP contribution in [0.4, 0.5) is 0 Å². The first-order chi connectivity index (χ1) is 62.7. The van der Waals surface area contributed by atoms with E-state index >= 15 is 0 Å². The second-order valence-electron chi connectivity index (χ2n) is 28.3. The minimum Gasteiger partial charge on any atom is -0.461 e. The molecule has 4 aromatic carbocycles. The first kappa shape index (κ1) is 88.7. The van der Waals surface area contributed by atoms with Crippen LogP contribution in [0.2, 0.25) is 0 Å². The summed E-state index contributed by atoms with van der Waals surface area (Å²) in [7, 11) is 0. The summed E-state index contributed by atoms with van der Waals surface area (Å²) in [4.78, 5) is 153. The molecule has 3 aromatic heterocycles. The molecule has 0 unspecified atom stereocenters. The Hall–Kier alpha value is -11.4. The zero-order valence-electron chi connectivity index (χ0n) is 67.9. The van der Waals surface area contributed by atoms with Gasteiger partial charge in [-0.1, -0.05) is 146 Å². The number of H-pyrrole nitrogens is 2. The lowest BCUT2D eigenvalue weighted by atomic mass is 10.1. The third-order valence-corrected chi connectivity index (χ3v) is 28.5. The lowest BCUT2D eigenvalue weighted by Gasteiger charge is -2.13. The molecule has 8 bridgehead atoms. The standard InChI is InChI=1S/C96H74N8O16S8/c105-89(57-17-1-2-18-57)113-33-41-121-73-49-65-66(50-74(73)122-42-34-114-90(106)58-19-3-4-20-58)82-97-81(65)101-83-67-51-75(123-43-35-115-91(107)59-21-5-6-22-59)76(124-44-36-116-92(108)60-23-7-8-24-60)52-68(67)85(98-83)103-87-71-55-79(127-47-39-119-95(111)63-29-13-14-30-63)80(128-48-40-120-96(112)64-31-15-16-32-64)56-72(71)88(100-87)104-86-70-54-78(126-46-38-118-94(110)62-27-11-12-28-62)77(53-69(70)84(99-86)102-82)125-45-37-117-93(109)61-25-9-10-26-61/h1-32,49-56H,33-48H2,(H2,97,98,99,100,101,102,103,104). The highest BCUT2D eigenvalue weighted by Crippen LogP contribution is 2.47. The van der Waals surface area contributed by atoms with Gasteiger partial charge in [-0.25, -0.2) is 68.3 Å². The van der Waals surface area contributed by atoms with Gasteiger partial charge in [0.2, 0.25) is 0 Å². The molecule has 0 atom stereocenters. The molecule has 10 aliphatic rings. The number of esters is 8. The Bertz CT molecular complexity index is 5700. The van der Waals surface area contributed by atoms with Crippen molar-refractivity contribution in [2.24, 2.45) is 0 Å². The maximum atomic E-state index is 13.3. The van der Waals surface area contributed by atoms with Gasteiger partial charge in [0.25, 0.3) is 0 Å². The number of allylic oxidation sites excluding steroid dienone is 24. The Kier molecular flexibility index (Phi) is 29.6. The summed E-state index contributed by atoms with van der Waals surface area (Å²) in [5.74, 6) is -0.131. The number of fused-ring (bicyclic) bond motifs is 20. The number of nitrogens with one attached hydrogen (secondary N) is 2. The summed E-state index contributed by atoms with van der Waals surface area (Å²) >= 11 is 11.6. The van der Waals surface area contributed by atoms with Gasteiger partial charge in [-0.15, -0.1) is 94.1 Å². The van der Waals surface area contributed by atoms with Crippen LogP contribution in [0, 0.1) is 51.4 Å². The maximum absolute atomic E-state index is 13.3. The lowest BCUT2D eigenvalue weighted by Crippen LogP contribution is -2.10. The van der Waals surface area contributed by atoms with E-state index in [1.54, 1.807) is 197 Å². The van der Waals surface area contributed by atoms with E-state index in [2.05, 4.69) is 9.97 Å². The fraction of sp³-hybridized carbons (Fsp3) is 0.167. The number of aromatic amines is 2. The summed E-state index contributed by atoms with van der Waals surface area (Å²) in [6.07, 6.45) is 55.5. The molecule has 5 heterocycles. The molecule has 8 radical (unpaired) electrons. The fourth-order valence-corrected chi connectivity index (χ4v) is 21.5. The Labute approximate surface area is 770 Å². The molecule has 2 aliphatic heterocycles. The van der Waals surface area contributed by atoms with Crippen molar-refractivity contribution in [2.45, 2.75) is 39.2 Å². The maximum Gasteiger partial charge on any atom is 0.334 e. The summed E-state index contributed by atoms with van der Waals surface area (Å²) < 4.78 is 46.6. The van der Waals surface area contributed by atoms with Gasteiger partial charge >= 0.3 is 47.8 Å². The van der Waals surface area contributed by atoms with Gasteiger partial charge in [-0.3, -0.25) is 0 Å². The molecule has 17 rings (SSSR count). The van der Waals surface area contributed by atoms with Crippen molar-refractivity contribution in [3.63, 3.8) is 0 Å². The summed E-state index contributed by atoms with van der Waals surface area (Å²) in [6.45, 7) is 0.422. The summed E-state index contributed by atoms with van der Waals surface area (Å²) in [6, 6.07) is 16.0. The van der Waals surface area contributed by atoms with Crippen molar-refractivity contribution in [3.8, 4) is 45.6 Å². The second-order valence-corrected chi connectivity index (χ2v) is 37.3. The second kappa shape index (κ2) is 42.7. The number of aromatic nitrogens is 8. The molecule has 0 amide bonds. The molecule has 0 saturated heterocycles. The average molecular weight is 1850 g/mol. The molecular formula is C96H74N8O16S8. The molecular weight excluding hydrogens is 1780 g/mol. The molecule has 0 saturated carbocycles. The quantitative estimate of drug-likeness (QED) is 0.0156. The first-order valence-corrected chi connectivity index (χ1v) is 48.3. The Balaban J connectivity index is 0.853. The van der Waals surface area contributed by atoms with Crippen LogP contribution in [0.25, 0.3) is 89.7 Å². The number of hydrogen-bond acceptors (Lipinski definition) is 30. The van der Waals surface area contributed by atoms with Crippen LogP contribution >= 0.6 is 94.1 Å². The van der Waals surface area contributed by atoms with Crippen LogP contribution in [0.3, 0.4) is 0 Å². The molecule has 7 aromatic rings. The zero-order chi connectivity index (χ0) is 87.7. The van der Waals surface area contributed by atoms with Crippen molar-refractivity contribution in [1.82, 2.24) is 39.9 Å². The minimum atomic E-state index is -0.464. The van der Waals surface area contributed by atoms with E-state index in [4.69, 9.17) is 67.8 Å². The van der Waals surface area contributed by atoms with Crippen LogP contribution < -0.4 is 0 Å². The van der Waals surface area contributed by atoms with Gasteiger partial charge < -0.3 is 47.9 Å². The van der Waals surface area contributed by atoms with E-state index < -0.39 is 47.8 Å². The van der Waals surface area contributed by atoms with Crippen molar-refractivity contribution in [3.05, 3.63) is 290 Å². The summed E-state index contributed by atoms with van der Waals surface area (Å²) in [5.41, 5.74) is 7.00. The number of hydrogen-bond donors (Lipinski definition) is 2. The van der Waals surface area contributed by atoms with Gasteiger partial charge in [-0.2, -0.15) is 0 Å². The van der Waals surface area contributed by atoms with Crippen molar-refractivity contribution >= 4 is 186 Å². The zero-order valence-corrected chi connectivity index (χ0v) is 74.4. The minimum absolute atomic E-state index is 0.0521. The van der Waals surface area contributed by atoms with Gasteiger partial charge in [0.15, 0.2) is 23.3 Å². The molecule has 642 valence electrons. The van der Waals surface area contributed by atoms with Crippen LogP contribution in [-0.4, -0.2) is 187 Å². The predicted molar refractivity (Wildman–Crippen MR) is 502 cm³/mol. The van der Waals surface area contributed by atoms with E-state index in [1.807, 2.05) is 48.5 Å². The number of thioether (sulfide) groups is 8. The normalized spacial score (nSPS) is 15.1. The Morgan fingerprint density at radius 1 is 0.211 bits per heavy atom. The van der Waals surface area contributed by atoms with E-state index in [0.29, 0.717) is 157 Å². The lowest BCUT2D eigenvalue weighted by molar-refractivity contribution is -0.139. The number of nitrogens with zero attached hydrogens (tertiary/aromatic N) is 6. The van der Waals surface area contributed by atoms with Crippen LogP contribution in [0.5, 0.6) is 0 Å². The highest BCUT2D eigenvalue weighted by atomic mass is 32.2. The molecule has 24 nitrogen and oxygen atoms in total. The molecule has 8 aliphatic carbocycles. The number of benzene rings is 4. The largest absolute Gasteiger partial charge is 0.461 e. The molecule has 0 spiro atoms. The SMILES string of the molecule is O=C(OCCSc1cc2c(cc1SCCOC(=O)C1=CC=C[CH]1)-c1nc-2nc2[nH]c(nc3nc(nc4[nH]c(n1)c1cc(SCCOC(=O)C5=CC=C[CH]5)c(SCCOC(=O)C5=CC=C[CH]5)cc41)-c1cc(SCCOC(=O)C4=CC=C[CH]4)c(SCCOC(=O)C4=CC=C[CH]4)cc1-3)c1cc(SCCOC(=O)C3=CC=C[CH]3)c(SCCOC(=O)C3=CC=C[CH]3)cc21)C1=CC=C[CH]1.